The van der Waals surface area contributed by atoms with Gasteiger partial charge in [-0.05, 0) is 18.1 Å². The molecule has 0 saturated heterocycles. The summed E-state index contributed by atoms with van der Waals surface area (Å²) in [5.74, 6) is 0.156. The van der Waals surface area contributed by atoms with Crippen LogP contribution in [0.3, 0.4) is 0 Å². The Labute approximate surface area is 76.2 Å². The van der Waals surface area contributed by atoms with Crippen LogP contribution in [0.1, 0.15) is 25.3 Å². The molecule has 0 fully saturated rings. The summed E-state index contributed by atoms with van der Waals surface area (Å²) in [5.41, 5.74) is 1.76. The van der Waals surface area contributed by atoms with Crippen LogP contribution in [0.15, 0.2) is 28.9 Å². The highest BCUT2D eigenvalue weighted by Gasteiger charge is 2.08. The molecule has 0 atom stereocenters. The van der Waals surface area contributed by atoms with Crippen molar-refractivity contribution in [1.29, 1.82) is 0 Å². The third-order valence-corrected chi connectivity index (χ3v) is 2.19. The second kappa shape index (κ2) is 2.87. The molecule has 2 aromatic rings. The lowest BCUT2D eigenvalue weighted by Crippen LogP contribution is -1.83. The van der Waals surface area contributed by atoms with Crippen LogP contribution < -0.4 is 0 Å². The number of rotatable bonds is 1. The molecule has 0 aliphatic heterocycles. The number of fused-ring (bicyclic) bond motifs is 1. The fourth-order valence-corrected chi connectivity index (χ4v) is 1.47. The number of halogens is 1. The lowest BCUT2D eigenvalue weighted by atomic mass is 10.0. The molecule has 0 unspecified atom stereocenters. The molecular formula is C11H11FO. The summed E-state index contributed by atoms with van der Waals surface area (Å²) in [6.07, 6.45) is 1.70. The van der Waals surface area contributed by atoms with E-state index >= 15 is 0 Å². The minimum Gasteiger partial charge on any atom is -0.464 e. The number of benzene rings is 1. The van der Waals surface area contributed by atoms with E-state index in [1.807, 2.05) is 0 Å². The average molecular weight is 178 g/mol. The SMILES string of the molecule is CC(C)c1coc2cc(F)ccc12. The van der Waals surface area contributed by atoms with Crippen LogP contribution >= 0.6 is 0 Å². The molecule has 1 aromatic carbocycles. The normalized spacial score (nSPS) is 11.4. The van der Waals surface area contributed by atoms with E-state index in [9.17, 15) is 4.39 Å². The number of hydrogen-bond donors (Lipinski definition) is 0. The third-order valence-electron chi connectivity index (χ3n) is 2.19. The van der Waals surface area contributed by atoms with Crippen molar-refractivity contribution in [2.75, 3.05) is 0 Å². The standard InChI is InChI=1S/C11H11FO/c1-7(2)10-6-13-11-5-8(12)3-4-9(10)11/h3-7H,1-2H3. The van der Waals surface area contributed by atoms with Gasteiger partial charge in [0, 0.05) is 17.0 Å². The highest BCUT2D eigenvalue weighted by molar-refractivity contribution is 5.81. The molecule has 0 bridgehead atoms. The van der Waals surface area contributed by atoms with Crippen LogP contribution in [0.4, 0.5) is 4.39 Å². The molecule has 68 valence electrons. The maximum Gasteiger partial charge on any atom is 0.137 e. The lowest BCUT2D eigenvalue weighted by Gasteiger charge is -1.99. The summed E-state index contributed by atoms with van der Waals surface area (Å²) in [5, 5.41) is 1.01. The van der Waals surface area contributed by atoms with Gasteiger partial charge in [-0.25, -0.2) is 4.39 Å². The van der Waals surface area contributed by atoms with Gasteiger partial charge in [-0.3, -0.25) is 0 Å². The van der Waals surface area contributed by atoms with Crippen LogP contribution in [0.2, 0.25) is 0 Å². The Bertz CT molecular complexity index is 429. The zero-order valence-electron chi connectivity index (χ0n) is 7.67. The predicted molar refractivity (Wildman–Crippen MR) is 50.3 cm³/mol. The van der Waals surface area contributed by atoms with Crippen molar-refractivity contribution >= 4 is 11.0 Å². The minimum atomic E-state index is -0.253. The van der Waals surface area contributed by atoms with Gasteiger partial charge >= 0.3 is 0 Å². The monoisotopic (exact) mass is 178 g/mol. The largest absolute Gasteiger partial charge is 0.464 e. The molecule has 0 aliphatic carbocycles. The lowest BCUT2D eigenvalue weighted by molar-refractivity contribution is 0.593. The van der Waals surface area contributed by atoms with Gasteiger partial charge in [-0.1, -0.05) is 13.8 Å². The van der Waals surface area contributed by atoms with Crippen molar-refractivity contribution in [2.24, 2.45) is 0 Å². The summed E-state index contributed by atoms with van der Waals surface area (Å²) in [4.78, 5) is 0. The minimum absolute atomic E-state index is 0.253. The van der Waals surface area contributed by atoms with Crippen LogP contribution in [0.25, 0.3) is 11.0 Å². The molecule has 0 spiro atoms. The van der Waals surface area contributed by atoms with Gasteiger partial charge in [-0.15, -0.1) is 0 Å². The van der Waals surface area contributed by atoms with E-state index in [1.165, 1.54) is 12.1 Å². The van der Waals surface area contributed by atoms with Gasteiger partial charge in [0.25, 0.3) is 0 Å². The third kappa shape index (κ3) is 1.32. The summed E-state index contributed by atoms with van der Waals surface area (Å²) >= 11 is 0. The van der Waals surface area contributed by atoms with Crippen LogP contribution in [0.5, 0.6) is 0 Å². The molecule has 0 radical (unpaired) electrons. The fourth-order valence-electron chi connectivity index (χ4n) is 1.47. The molecule has 0 amide bonds. The molecule has 2 heteroatoms. The van der Waals surface area contributed by atoms with Gasteiger partial charge in [-0.2, -0.15) is 0 Å². The predicted octanol–water partition coefficient (Wildman–Crippen LogP) is 3.70. The Kier molecular flexibility index (Phi) is 1.83. The zero-order valence-corrected chi connectivity index (χ0v) is 7.67. The molecule has 1 heterocycles. The fraction of sp³-hybridized carbons (Fsp3) is 0.273. The van der Waals surface area contributed by atoms with E-state index < -0.39 is 0 Å². The van der Waals surface area contributed by atoms with Crippen LogP contribution in [0, 0.1) is 5.82 Å². The summed E-state index contributed by atoms with van der Waals surface area (Å²) in [6.45, 7) is 4.18. The van der Waals surface area contributed by atoms with Crippen molar-refractivity contribution in [2.45, 2.75) is 19.8 Å². The van der Waals surface area contributed by atoms with Crippen molar-refractivity contribution in [3.63, 3.8) is 0 Å². The number of hydrogen-bond acceptors (Lipinski definition) is 1. The van der Waals surface area contributed by atoms with E-state index in [0.717, 1.165) is 10.9 Å². The van der Waals surface area contributed by atoms with Gasteiger partial charge in [0.1, 0.15) is 11.4 Å². The smallest absolute Gasteiger partial charge is 0.137 e. The first-order valence-corrected chi connectivity index (χ1v) is 4.35. The Balaban J connectivity index is 2.69. The molecule has 13 heavy (non-hydrogen) atoms. The van der Waals surface area contributed by atoms with Gasteiger partial charge < -0.3 is 4.42 Å². The number of furan rings is 1. The van der Waals surface area contributed by atoms with Crippen molar-refractivity contribution in [3.8, 4) is 0 Å². The van der Waals surface area contributed by atoms with Crippen molar-refractivity contribution in [1.82, 2.24) is 0 Å². The Morgan fingerprint density at radius 3 is 2.77 bits per heavy atom. The van der Waals surface area contributed by atoms with E-state index in [0.29, 0.717) is 11.5 Å². The first kappa shape index (κ1) is 8.30. The van der Waals surface area contributed by atoms with E-state index in [2.05, 4.69) is 13.8 Å². The first-order chi connectivity index (χ1) is 6.18. The zero-order chi connectivity index (χ0) is 9.42. The van der Waals surface area contributed by atoms with E-state index in [-0.39, 0.29) is 5.82 Å². The second-order valence-electron chi connectivity index (χ2n) is 3.49. The second-order valence-corrected chi connectivity index (χ2v) is 3.49. The Morgan fingerprint density at radius 2 is 2.08 bits per heavy atom. The van der Waals surface area contributed by atoms with Gasteiger partial charge in [0.15, 0.2) is 0 Å². The molecule has 1 aromatic heterocycles. The Hall–Kier alpha value is -1.31. The molecule has 2 rings (SSSR count). The first-order valence-electron chi connectivity index (χ1n) is 4.35. The quantitative estimate of drug-likeness (QED) is 0.649. The van der Waals surface area contributed by atoms with Crippen molar-refractivity contribution in [3.05, 3.63) is 35.8 Å². The van der Waals surface area contributed by atoms with Crippen molar-refractivity contribution < 1.29 is 8.81 Å². The molecule has 0 saturated carbocycles. The topological polar surface area (TPSA) is 13.1 Å². The molecule has 1 nitrogen and oxygen atoms in total. The van der Waals surface area contributed by atoms with Crippen LogP contribution in [-0.4, -0.2) is 0 Å². The molecule has 0 N–H and O–H groups in total. The summed E-state index contributed by atoms with van der Waals surface area (Å²) in [7, 11) is 0. The average Bonchev–Trinajstić information content (AvgIpc) is 2.46. The summed E-state index contributed by atoms with van der Waals surface area (Å²) in [6, 6.07) is 4.65. The molecular weight excluding hydrogens is 167 g/mol. The van der Waals surface area contributed by atoms with E-state index in [1.54, 1.807) is 12.3 Å². The van der Waals surface area contributed by atoms with Crippen LogP contribution in [-0.2, 0) is 0 Å². The van der Waals surface area contributed by atoms with E-state index in [4.69, 9.17) is 4.42 Å². The highest BCUT2D eigenvalue weighted by Crippen LogP contribution is 2.27. The Morgan fingerprint density at radius 1 is 1.31 bits per heavy atom. The maximum atomic E-state index is 12.8. The molecule has 0 aliphatic rings. The van der Waals surface area contributed by atoms with Gasteiger partial charge in [0.05, 0.1) is 6.26 Å². The highest BCUT2D eigenvalue weighted by atomic mass is 19.1. The summed E-state index contributed by atoms with van der Waals surface area (Å²) < 4.78 is 18.0. The maximum absolute atomic E-state index is 12.8. The van der Waals surface area contributed by atoms with Gasteiger partial charge in [0.2, 0.25) is 0 Å².